The van der Waals surface area contributed by atoms with Crippen LogP contribution in [-0.4, -0.2) is 9.55 Å². The molecule has 1 aromatic heterocycles. The molecule has 16 heavy (non-hydrogen) atoms. The van der Waals surface area contributed by atoms with Crippen LogP contribution in [0.15, 0.2) is 24.5 Å². The lowest BCUT2D eigenvalue weighted by Crippen LogP contribution is -2.04. The average molecular weight is 240 g/mol. The van der Waals surface area contributed by atoms with Gasteiger partial charge in [0.2, 0.25) is 0 Å². The van der Waals surface area contributed by atoms with E-state index in [0.29, 0.717) is 6.54 Å². The molecule has 0 bridgehead atoms. The lowest BCUT2D eigenvalue weighted by atomic mass is 10.1. The van der Waals surface area contributed by atoms with Crippen LogP contribution in [-0.2, 0) is 13.6 Å². The zero-order valence-corrected chi connectivity index (χ0v) is 9.50. The lowest BCUT2D eigenvalue weighted by molar-refractivity contribution is 0.628. The van der Waals surface area contributed by atoms with Crippen LogP contribution in [0, 0.1) is 5.82 Å². The monoisotopic (exact) mass is 239 g/mol. The van der Waals surface area contributed by atoms with Crippen molar-refractivity contribution in [3.05, 3.63) is 41.1 Å². The molecule has 0 fully saturated rings. The number of nitrogens with two attached hydrogens (primary N) is 1. The lowest BCUT2D eigenvalue weighted by Gasteiger charge is -2.04. The van der Waals surface area contributed by atoms with E-state index in [2.05, 4.69) is 4.98 Å². The molecule has 0 unspecified atom stereocenters. The standard InChI is InChI=1S/C11H11ClFN3/c1-16-6-15-11(10(16)5-14)7-2-3-9(13)8(12)4-7/h2-4,6H,5,14H2,1H3. The summed E-state index contributed by atoms with van der Waals surface area (Å²) in [5.74, 6) is -0.435. The van der Waals surface area contributed by atoms with Crippen molar-refractivity contribution >= 4 is 11.6 Å². The molecule has 0 amide bonds. The smallest absolute Gasteiger partial charge is 0.141 e. The Kier molecular flexibility index (Phi) is 2.94. The van der Waals surface area contributed by atoms with Gasteiger partial charge in [-0.25, -0.2) is 9.37 Å². The molecule has 1 heterocycles. The first-order chi connectivity index (χ1) is 7.63. The Morgan fingerprint density at radius 1 is 1.50 bits per heavy atom. The highest BCUT2D eigenvalue weighted by atomic mass is 35.5. The molecular weight excluding hydrogens is 229 g/mol. The number of nitrogens with zero attached hydrogens (tertiary/aromatic N) is 2. The van der Waals surface area contributed by atoms with Crippen LogP contribution >= 0.6 is 11.6 Å². The zero-order valence-electron chi connectivity index (χ0n) is 8.74. The highest BCUT2D eigenvalue weighted by Gasteiger charge is 2.11. The van der Waals surface area contributed by atoms with Gasteiger partial charge in [0.15, 0.2) is 0 Å². The Bertz CT molecular complexity index is 522. The molecule has 84 valence electrons. The van der Waals surface area contributed by atoms with E-state index in [-0.39, 0.29) is 5.02 Å². The normalized spacial score (nSPS) is 10.8. The Balaban J connectivity index is 2.54. The van der Waals surface area contributed by atoms with Crippen LogP contribution in [0.2, 0.25) is 5.02 Å². The summed E-state index contributed by atoms with van der Waals surface area (Å²) in [6.45, 7) is 0.376. The van der Waals surface area contributed by atoms with E-state index in [1.165, 1.54) is 6.07 Å². The maximum absolute atomic E-state index is 13.0. The van der Waals surface area contributed by atoms with Gasteiger partial charge in [-0.05, 0) is 18.2 Å². The summed E-state index contributed by atoms with van der Waals surface area (Å²) in [6, 6.07) is 4.52. The van der Waals surface area contributed by atoms with Crippen molar-refractivity contribution in [1.82, 2.24) is 9.55 Å². The summed E-state index contributed by atoms with van der Waals surface area (Å²) in [4.78, 5) is 4.23. The second kappa shape index (κ2) is 4.23. The first-order valence-corrected chi connectivity index (χ1v) is 5.17. The fraction of sp³-hybridized carbons (Fsp3) is 0.182. The Hall–Kier alpha value is -1.39. The van der Waals surface area contributed by atoms with Gasteiger partial charge < -0.3 is 10.3 Å². The number of rotatable bonds is 2. The summed E-state index contributed by atoms with van der Waals surface area (Å²) < 4.78 is 14.9. The van der Waals surface area contributed by atoms with Gasteiger partial charge in [-0.15, -0.1) is 0 Å². The third kappa shape index (κ3) is 1.81. The number of benzene rings is 1. The van der Waals surface area contributed by atoms with Gasteiger partial charge in [0.25, 0.3) is 0 Å². The molecule has 1 aromatic carbocycles. The maximum atomic E-state index is 13.0. The van der Waals surface area contributed by atoms with Gasteiger partial charge in [0.1, 0.15) is 5.82 Å². The minimum Gasteiger partial charge on any atom is -0.336 e. The molecule has 2 N–H and O–H groups in total. The fourth-order valence-electron chi connectivity index (χ4n) is 1.58. The van der Waals surface area contributed by atoms with Crippen LogP contribution in [0.3, 0.4) is 0 Å². The first kappa shape index (κ1) is 11.1. The molecule has 3 nitrogen and oxygen atoms in total. The molecule has 0 aliphatic rings. The number of hydrogen-bond donors (Lipinski definition) is 1. The van der Waals surface area contributed by atoms with Crippen LogP contribution in [0.25, 0.3) is 11.3 Å². The number of aromatic nitrogens is 2. The van der Waals surface area contributed by atoms with E-state index < -0.39 is 5.82 Å². The summed E-state index contributed by atoms with van der Waals surface area (Å²) in [6.07, 6.45) is 1.68. The molecule has 0 aliphatic heterocycles. The second-order valence-electron chi connectivity index (χ2n) is 3.48. The maximum Gasteiger partial charge on any atom is 0.141 e. The molecular formula is C11H11ClFN3. The van der Waals surface area contributed by atoms with Crippen molar-refractivity contribution in [2.24, 2.45) is 12.8 Å². The quantitative estimate of drug-likeness (QED) is 0.874. The van der Waals surface area contributed by atoms with Gasteiger partial charge in [-0.2, -0.15) is 0 Å². The third-order valence-electron chi connectivity index (χ3n) is 2.45. The molecule has 0 saturated heterocycles. The number of aryl methyl sites for hydroxylation is 1. The van der Waals surface area contributed by atoms with E-state index >= 15 is 0 Å². The number of hydrogen-bond acceptors (Lipinski definition) is 2. The molecule has 2 rings (SSSR count). The van der Waals surface area contributed by atoms with Crippen molar-refractivity contribution in [2.45, 2.75) is 6.54 Å². The SMILES string of the molecule is Cn1cnc(-c2ccc(F)c(Cl)c2)c1CN. The number of halogens is 2. The second-order valence-corrected chi connectivity index (χ2v) is 3.89. The van der Waals surface area contributed by atoms with E-state index in [9.17, 15) is 4.39 Å². The Morgan fingerprint density at radius 3 is 2.88 bits per heavy atom. The zero-order chi connectivity index (χ0) is 11.7. The van der Waals surface area contributed by atoms with Crippen LogP contribution in [0.1, 0.15) is 5.69 Å². The van der Waals surface area contributed by atoms with Gasteiger partial charge in [-0.1, -0.05) is 11.6 Å². The predicted octanol–water partition coefficient (Wildman–Crippen LogP) is 2.34. The van der Waals surface area contributed by atoms with Crippen molar-refractivity contribution in [2.75, 3.05) is 0 Å². The third-order valence-corrected chi connectivity index (χ3v) is 2.74. The summed E-state index contributed by atoms with van der Waals surface area (Å²) >= 11 is 5.73. The first-order valence-electron chi connectivity index (χ1n) is 4.79. The highest BCUT2D eigenvalue weighted by Crippen LogP contribution is 2.26. The highest BCUT2D eigenvalue weighted by molar-refractivity contribution is 6.31. The van der Waals surface area contributed by atoms with E-state index in [4.69, 9.17) is 17.3 Å². The topological polar surface area (TPSA) is 43.8 Å². The largest absolute Gasteiger partial charge is 0.336 e. The van der Waals surface area contributed by atoms with Crippen molar-refractivity contribution in [3.63, 3.8) is 0 Å². The fourth-order valence-corrected chi connectivity index (χ4v) is 1.76. The van der Waals surface area contributed by atoms with Crippen molar-refractivity contribution < 1.29 is 4.39 Å². The molecule has 0 spiro atoms. The van der Waals surface area contributed by atoms with Gasteiger partial charge >= 0.3 is 0 Å². The molecule has 0 saturated carbocycles. The van der Waals surface area contributed by atoms with Crippen LogP contribution < -0.4 is 5.73 Å². The molecule has 0 aliphatic carbocycles. The molecule has 2 aromatic rings. The Labute approximate surface area is 97.7 Å². The summed E-state index contributed by atoms with van der Waals surface area (Å²) in [7, 11) is 1.86. The number of imidazole rings is 1. The van der Waals surface area contributed by atoms with E-state index in [0.717, 1.165) is 17.0 Å². The van der Waals surface area contributed by atoms with Crippen LogP contribution in [0.5, 0.6) is 0 Å². The summed E-state index contributed by atoms with van der Waals surface area (Å²) in [5, 5.41) is 0.0890. The minimum absolute atomic E-state index is 0.0890. The summed E-state index contributed by atoms with van der Waals surface area (Å²) in [5.41, 5.74) is 8.04. The Morgan fingerprint density at radius 2 is 2.25 bits per heavy atom. The van der Waals surface area contributed by atoms with Gasteiger partial charge in [-0.3, -0.25) is 0 Å². The van der Waals surface area contributed by atoms with Crippen molar-refractivity contribution in [3.8, 4) is 11.3 Å². The molecule has 0 radical (unpaired) electrons. The minimum atomic E-state index is -0.435. The van der Waals surface area contributed by atoms with Gasteiger partial charge in [0.05, 0.1) is 22.7 Å². The van der Waals surface area contributed by atoms with Gasteiger partial charge in [0, 0.05) is 19.2 Å². The van der Waals surface area contributed by atoms with Crippen molar-refractivity contribution in [1.29, 1.82) is 0 Å². The predicted molar refractivity (Wildman–Crippen MR) is 61.5 cm³/mol. The molecule has 5 heteroatoms. The van der Waals surface area contributed by atoms with Crippen LogP contribution in [0.4, 0.5) is 4.39 Å². The average Bonchev–Trinajstić information content (AvgIpc) is 2.63. The van der Waals surface area contributed by atoms with E-state index in [1.807, 2.05) is 11.6 Å². The van der Waals surface area contributed by atoms with E-state index in [1.54, 1.807) is 18.5 Å². The molecule has 0 atom stereocenters.